The fourth-order valence-electron chi connectivity index (χ4n) is 5.42. The number of hydrogen-bond acceptors (Lipinski definition) is 5. The summed E-state index contributed by atoms with van der Waals surface area (Å²) in [6.45, 7) is 3.05. The Morgan fingerprint density at radius 3 is 2.42 bits per heavy atom. The van der Waals surface area contributed by atoms with Gasteiger partial charge in [-0.2, -0.15) is 0 Å². The van der Waals surface area contributed by atoms with Crippen molar-refractivity contribution in [1.82, 2.24) is 4.98 Å². The number of pyridine rings is 1. The summed E-state index contributed by atoms with van der Waals surface area (Å²) in [4.78, 5) is 17.5. The molecule has 0 spiro atoms. The van der Waals surface area contributed by atoms with Gasteiger partial charge in [-0.25, -0.2) is 4.39 Å². The molecule has 1 heterocycles. The van der Waals surface area contributed by atoms with Gasteiger partial charge in [0, 0.05) is 25.3 Å². The van der Waals surface area contributed by atoms with Gasteiger partial charge in [0.2, 0.25) is 8.03 Å². The Morgan fingerprint density at radius 2 is 1.83 bits per heavy atom. The summed E-state index contributed by atoms with van der Waals surface area (Å²) in [5, 5.41) is 20.3. The van der Waals surface area contributed by atoms with Crippen LogP contribution in [-0.4, -0.2) is 39.0 Å². The number of benzene rings is 2. The smallest absolute Gasteiger partial charge is 0.323 e. The minimum atomic E-state index is -3.45. The van der Waals surface area contributed by atoms with Crippen LogP contribution in [0.25, 0.3) is 11.3 Å². The van der Waals surface area contributed by atoms with E-state index in [1.807, 2.05) is 30.3 Å². The number of carboxylic acids is 1. The maximum Gasteiger partial charge on any atom is 0.323 e. The molecule has 2 aromatic carbocycles. The van der Waals surface area contributed by atoms with Crippen molar-refractivity contribution in [2.24, 2.45) is 5.92 Å². The predicted molar refractivity (Wildman–Crippen MR) is 136 cm³/mol. The lowest BCUT2D eigenvalue weighted by Gasteiger charge is -2.46. The highest BCUT2D eigenvalue weighted by atomic mass is 31.1. The third kappa shape index (κ3) is 3.77. The van der Waals surface area contributed by atoms with Crippen LogP contribution in [0.15, 0.2) is 60.8 Å². The molecule has 1 aliphatic carbocycles. The van der Waals surface area contributed by atoms with Gasteiger partial charge in [0.1, 0.15) is 5.82 Å². The number of hydrogen-bond donors (Lipinski definition) is 2. The van der Waals surface area contributed by atoms with Crippen molar-refractivity contribution >= 4 is 14.0 Å². The Labute approximate surface area is 210 Å². The molecule has 8 heteroatoms. The second kappa shape index (κ2) is 9.63. The van der Waals surface area contributed by atoms with Crippen molar-refractivity contribution < 1.29 is 28.5 Å². The summed E-state index contributed by atoms with van der Waals surface area (Å²) in [5.41, 5.74) is 2.00. The molecule has 0 fully saturated rings. The molecule has 0 saturated carbocycles. The number of rotatable bonds is 8. The second-order valence-electron chi connectivity index (χ2n) is 9.27. The largest absolute Gasteiger partial charge is 0.480 e. The molecule has 0 aliphatic heterocycles. The molecule has 4 atom stereocenters. The van der Waals surface area contributed by atoms with E-state index in [0.717, 1.165) is 29.5 Å². The summed E-state index contributed by atoms with van der Waals surface area (Å²) in [7, 11) is -2.33. The van der Waals surface area contributed by atoms with Crippen molar-refractivity contribution in [3.05, 3.63) is 88.9 Å². The van der Waals surface area contributed by atoms with Crippen LogP contribution in [0, 0.1) is 24.1 Å². The van der Waals surface area contributed by atoms with Crippen LogP contribution in [0.1, 0.15) is 42.0 Å². The average Bonchev–Trinajstić information content (AvgIpc) is 3.23. The number of carboxylic acid groups (broad SMARTS) is 1. The highest BCUT2D eigenvalue weighted by Gasteiger charge is 2.66. The van der Waals surface area contributed by atoms with E-state index >= 15 is 0 Å². The van der Waals surface area contributed by atoms with Crippen LogP contribution in [0.5, 0.6) is 0 Å². The van der Waals surface area contributed by atoms with Crippen LogP contribution in [0.4, 0.5) is 4.39 Å². The van der Waals surface area contributed by atoms with Gasteiger partial charge < -0.3 is 14.7 Å². The Hall–Kier alpha value is -3.30. The van der Waals surface area contributed by atoms with Crippen LogP contribution >= 0.6 is 8.03 Å². The Kier molecular flexibility index (Phi) is 6.90. The van der Waals surface area contributed by atoms with Gasteiger partial charge in [0.25, 0.3) is 0 Å². The first kappa shape index (κ1) is 25.8. The number of aromatic nitrogens is 1. The van der Waals surface area contributed by atoms with Gasteiger partial charge in [0.05, 0.1) is 11.6 Å². The number of aliphatic carboxylic acids is 1. The summed E-state index contributed by atoms with van der Waals surface area (Å²) in [6.07, 6.45) is 8.05. The third-order valence-electron chi connectivity index (χ3n) is 7.13. The fourth-order valence-corrected chi connectivity index (χ4v) is 6.91. The number of fused-ring (bicyclic) bond motifs is 3. The third-order valence-corrected chi connectivity index (χ3v) is 9.31. The van der Waals surface area contributed by atoms with E-state index in [1.165, 1.54) is 44.3 Å². The summed E-state index contributed by atoms with van der Waals surface area (Å²) in [5.74, 6) is -1.86. The fraction of sp³-hybridized carbons (Fsp3) is 0.286. The van der Waals surface area contributed by atoms with Crippen LogP contribution in [0.3, 0.4) is 0 Å². The van der Waals surface area contributed by atoms with Crippen molar-refractivity contribution in [2.45, 2.75) is 36.9 Å². The van der Waals surface area contributed by atoms with Crippen LogP contribution in [-0.2, 0) is 20.3 Å². The molecular weight excluding hydrogens is 480 g/mol. The molecule has 0 amide bonds. The van der Waals surface area contributed by atoms with E-state index in [2.05, 4.69) is 10.9 Å². The highest BCUT2D eigenvalue weighted by Crippen LogP contribution is 2.57. The van der Waals surface area contributed by atoms with Gasteiger partial charge in [-0.1, -0.05) is 62.2 Å². The molecule has 4 unspecified atom stereocenters. The molecule has 0 saturated heterocycles. The Balaban J connectivity index is 2.00. The van der Waals surface area contributed by atoms with Crippen LogP contribution < -0.4 is 0 Å². The molecule has 6 nitrogen and oxygen atoms in total. The number of nitrogens with zero attached hydrogens (tertiary/aromatic N) is 1. The average molecular weight is 507 g/mol. The lowest BCUT2D eigenvalue weighted by Crippen LogP contribution is -2.62. The standard InChI is InChI=1S/C28H27FNO5P/c1-5-27(33,28(17(2)3,26(31)32)36(34)35-4)24(18-10-12-22(29)13-11-18)21-15-20-14-19-8-6-7-9-23(19)25(20)30-16-21/h1,6-13,15-17,24,33,36H,14H2,2-4H3,(H,31,32). The summed E-state index contributed by atoms with van der Waals surface area (Å²) in [6, 6.07) is 14.9. The molecule has 3 aromatic rings. The second-order valence-corrected chi connectivity index (χ2v) is 11.0. The number of terminal acetylenes is 1. The van der Waals surface area contributed by atoms with E-state index in [4.69, 9.17) is 10.9 Å². The Bertz CT molecular complexity index is 1380. The lowest BCUT2D eigenvalue weighted by molar-refractivity contribution is -0.149. The molecule has 4 rings (SSSR count). The highest BCUT2D eigenvalue weighted by molar-refractivity contribution is 7.42. The van der Waals surface area contributed by atoms with Crippen LogP contribution in [0.2, 0.25) is 0 Å². The number of aliphatic hydroxyl groups is 1. The zero-order valence-electron chi connectivity index (χ0n) is 20.2. The molecule has 1 aliphatic rings. The Morgan fingerprint density at radius 1 is 1.17 bits per heavy atom. The molecule has 0 bridgehead atoms. The van der Waals surface area contributed by atoms with Gasteiger partial charge in [0.15, 0.2) is 10.8 Å². The molecule has 1 aromatic heterocycles. The van der Waals surface area contributed by atoms with Crippen molar-refractivity contribution in [2.75, 3.05) is 7.11 Å². The van der Waals surface area contributed by atoms with E-state index in [1.54, 1.807) is 0 Å². The lowest BCUT2D eigenvalue weighted by atomic mass is 9.67. The first-order chi connectivity index (χ1) is 17.1. The molecule has 186 valence electrons. The number of halogens is 1. The van der Waals surface area contributed by atoms with Gasteiger partial charge in [-0.05, 0) is 40.3 Å². The maximum atomic E-state index is 13.9. The number of carbonyl (C=O) groups is 1. The predicted octanol–water partition coefficient (Wildman–Crippen LogP) is 4.89. The van der Waals surface area contributed by atoms with Gasteiger partial charge in [-0.3, -0.25) is 14.3 Å². The molecule has 36 heavy (non-hydrogen) atoms. The van der Waals surface area contributed by atoms with Gasteiger partial charge >= 0.3 is 5.97 Å². The quantitative estimate of drug-likeness (QED) is 0.261. The monoisotopic (exact) mass is 507 g/mol. The minimum absolute atomic E-state index is 0.353. The molecule has 0 radical (unpaired) electrons. The van der Waals surface area contributed by atoms with Crippen molar-refractivity contribution in [1.29, 1.82) is 0 Å². The summed E-state index contributed by atoms with van der Waals surface area (Å²) < 4.78 is 32.3. The van der Waals surface area contributed by atoms with E-state index in [9.17, 15) is 24.0 Å². The minimum Gasteiger partial charge on any atom is -0.480 e. The molecular formula is C28H27FNO5P. The van der Waals surface area contributed by atoms with Crippen molar-refractivity contribution in [3.63, 3.8) is 0 Å². The normalized spacial score (nSPS) is 17.2. The SMILES string of the molecule is C#CC(O)(C(c1ccc(F)cc1)c1cnc2c(c1)Cc1ccccc1-2)C(C(=O)O)(C(C)C)[PH](=O)OC. The topological polar surface area (TPSA) is 96.7 Å². The molecule has 2 N–H and O–H groups in total. The maximum absolute atomic E-state index is 13.9. The van der Waals surface area contributed by atoms with Crippen molar-refractivity contribution in [3.8, 4) is 23.6 Å². The zero-order valence-corrected chi connectivity index (χ0v) is 21.2. The summed E-state index contributed by atoms with van der Waals surface area (Å²) >= 11 is 0. The van der Waals surface area contributed by atoms with E-state index in [-0.39, 0.29) is 0 Å². The van der Waals surface area contributed by atoms with E-state index < -0.39 is 42.4 Å². The first-order valence-electron chi connectivity index (χ1n) is 11.5. The van der Waals surface area contributed by atoms with E-state index in [0.29, 0.717) is 17.5 Å². The van der Waals surface area contributed by atoms with Gasteiger partial charge in [-0.15, -0.1) is 6.42 Å². The zero-order chi connectivity index (χ0) is 26.3. The first-order valence-corrected chi connectivity index (χ1v) is 12.8.